The summed E-state index contributed by atoms with van der Waals surface area (Å²) in [5, 5.41) is 0. The fourth-order valence-corrected chi connectivity index (χ4v) is 6.82. The lowest BCUT2D eigenvalue weighted by atomic mass is 10.0. The van der Waals surface area contributed by atoms with Gasteiger partial charge in [0.1, 0.15) is 0 Å². The first-order valence-electron chi connectivity index (χ1n) is 12.5. The van der Waals surface area contributed by atoms with E-state index in [1.165, 1.54) is 10.4 Å². The van der Waals surface area contributed by atoms with Gasteiger partial charge in [-0.15, -0.1) is 0 Å². The maximum absolute atomic E-state index is 13.8. The molecule has 3 aliphatic heterocycles. The van der Waals surface area contributed by atoms with Crippen molar-refractivity contribution < 1.29 is 27.5 Å². The van der Waals surface area contributed by atoms with Gasteiger partial charge < -0.3 is 19.3 Å². The van der Waals surface area contributed by atoms with Gasteiger partial charge in [0.25, 0.3) is 0 Å². The largest absolute Gasteiger partial charge is 0.378 e. The molecular formula is C27H31N3O6S. The Labute approximate surface area is 217 Å². The average molecular weight is 526 g/mol. The molecule has 0 spiro atoms. The molecule has 196 valence electrons. The molecule has 2 saturated heterocycles. The number of ether oxygens (including phenoxy) is 2. The highest BCUT2D eigenvalue weighted by Gasteiger charge is 2.44. The molecule has 0 aliphatic carbocycles. The fourth-order valence-electron chi connectivity index (χ4n) is 4.94. The number of sulfonamides is 1. The van der Waals surface area contributed by atoms with Gasteiger partial charge in [-0.3, -0.25) is 9.59 Å². The van der Waals surface area contributed by atoms with Crippen LogP contribution >= 0.6 is 0 Å². The molecular weight excluding hydrogens is 494 g/mol. The third-order valence-corrected chi connectivity index (χ3v) is 8.90. The summed E-state index contributed by atoms with van der Waals surface area (Å²) < 4.78 is 39.6. The van der Waals surface area contributed by atoms with Crippen LogP contribution in [0.2, 0.25) is 0 Å². The maximum Gasteiger partial charge on any atom is 0.246 e. The van der Waals surface area contributed by atoms with Crippen LogP contribution in [0, 0.1) is 0 Å². The molecule has 3 aliphatic rings. The standard InChI is InChI=1S/C27H31N3O6S/c31-26(28-10-14-35-15-11-28)9-7-21-6-8-23-24(19-27(32)29-12-16-36-17-13-29)30(37(33,34)25(23)18-21)20-22-4-2-1-3-5-22/h1-9,18,24H,10-17,19-20H2/b9-7+/t24-/m0/s1. The van der Waals surface area contributed by atoms with E-state index in [9.17, 15) is 18.0 Å². The Morgan fingerprint density at radius 3 is 2.22 bits per heavy atom. The highest BCUT2D eigenvalue weighted by molar-refractivity contribution is 7.89. The third kappa shape index (κ3) is 5.62. The number of benzene rings is 2. The lowest BCUT2D eigenvalue weighted by Gasteiger charge is -2.30. The zero-order valence-corrected chi connectivity index (χ0v) is 21.4. The van der Waals surface area contributed by atoms with Crippen molar-refractivity contribution in [1.82, 2.24) is 14.1 Å². The minimum atomic E-state index is -3.86. The number of hydrogen-bond acceptors (Lipinski definition) is 6. The summed E-state index contributed by atoms with van der Waals surface area (Å²) in [5.74, 6) is -0.221. The van der Waals surface area contributed by atoms with Crippen LogP contribution in [0.15, 0.2) is 59.5 Å². The summed E-state index contributed by atoms with van der Waals surface area (Å²) in [6, 6.07) is 13.9. The first-order chi connectivity index (χ1) is 17.9. The average Bonchev–Trinajstić information content (AvgIpc) is 3.14. The summed E-state index contributed by atoms with van der Waals surface area (Å²) in [6.07, 6.45) is 3.17. The van der Waals surface area contributed by atoms with Gasteiger partial charge in [-0.05, 0) is 28.8 Å². The summed E-state index contributed by atoms with van der Waals surface area (Å²) >= 11 is 0. The molecule has 2 amide bonds. The highest BCUT2D eigenvalue weighted by atomic mass is 32.2. The van der Waals surface area contributed by atoms with Gasteiger partial charge in [-0.25, -0.2) is 8.42 Å². The van der Waals surface area contributed by atoms with Crippen LogP contribution in [-0.4, -0.2) is 86.9 Å². The van der Waals surface area contributed by atoms with Gasteiger partial charge in [0.2, 0.25) is 21.8 Å². The van der Waals surface area contributed by atoms with E-state index < -0.39 is 16.1 Å². The Balaban J connectivity index is 1.43. The van der Waals surface area contributed by atoms with Crippen LogP contribution < -0.4 is 0 Å². The number of amides is 2. The molecule has 2 aromatic carbocycles. The Bertz CT molecular complexity index is 1270. The first kappa shape index (κ1) is 25.6. The second-order valence-corrected chi connectivity index (χ2v) is 11.2. The van der Waals surface area contributed by atoms with Crippen LogP contribution in [0.1, 0.15) is 29.2 Å². The van der Waals surface area contributed by atoms with Crippen molar-refractivity contribution in [3.63, 3.8) is 0 Å². The number of rotatable bonds is 6. The van der Waals surface area contributed by atoms with E-state index in [2.05, 4.69) is 0 Å². The van der Waals surface area contributed by atoms with Crippen molar-refractivity contribution >= 4 is 27.9 Å². The minimum absolute atomic E-state index is 0.0593. The van der Waals surface area contributed by atoms with E-state index in [1.54, 1.807) is 34.1 Å². The molecule has 37 heavy (non-hydrogen) atoms. The highest BCUT2D eigenvalue weighted by Crippen LogP contribution is 2.43. The van der Waals surface area contributed by atoms with Crippen molar-refractivity contribution in [3.8, 4) is 0 Å². The topological polar surface area (TPSA) is 96.5 Å². The predicted octanol–water partition coefficient (Wildman–Crippen LogP) is 2.05. The van der Waals surface area contributed by atoms with Crippen molar-refractivity contribution in [2.24, 2.45) is 0 Å². The quantitative estimate of drug-likeness (QED) is 0.536. The predicted molar refractivity (Wildman–Crippen MR) is 137 cm³/mol. The van der Waals surface area contributed by atoms with Gasteiger partial charge in [0, 0.05) is 45.2 Å². The van der Waals surface area contributed by atoms with E-state index in [4.69, 9.17) is 9.47 Å². The molecule has 5 rings (SSSR count). The second-order valence-electron chi connectivity index (χ2n) is 9.32. The molecule has 10 heteroatoms. The van der Waals surface area contributed by atoms with Crippen LogP contribution in [0.25, 0.3) is 6.08 Å². The molecule has 9 nitrogen and oxygen atoms in total. The maximum atomic E-state index is 13.8. The Kier molecular flexibility index (Phi) is 7.71. The lowest BCUT2D eigenvalue weighted by Crippen LogP contribution is -2.42. The zero-order chi connectivity index (χ0) is 25.8. The fraction of sp³-hybridized carbons (Fsp3) is 0.407. The van der Waals surface area contributed by atoms with Crippen LogP contribution in [0.4, 0.5) is 0 Å². The summed E-state index contributed by atoms with van der Waals surface area (Å²) in [4.78, 5) is 29.3. The monoisotopic (exact) mass is 525 g/mol. The Morgan fingerprint density at radius 1 is 0.892 bits per heavy atom. The van der Waals surface area contributed by atoms with E-state index in [-0.39, 0.29) is 29.7 Å². The minimum Gasteiger partial charge on any atom is -0.378 e. The van der Waals surface area contributed by atoms with Crippen molar-refractivity contribution in [1.29, 1.82) is 0 Å². The van der Waals surface area contributed by atoms with Crippen molar-refractivity contribution in [3.05, 3.63) is 71.3 Å². The zero-order valence-electron chi connectivity index (χ0n) is 20.6. The number of nitrogens with zero attached hydrogens (tertiary/aromatic N) is 3. The summed E-state index contributed by atoms with van der Waals surface area (Å²) in [6.45, 7) is 4.24. The molecule has 0 saturated carbocycles. The van der Waals surface area contributed by atoms with Gasteiger partial charge in [0.05, 0.1) is 37.4 Å². The Morgan fingerprint density at radius 2 is 1.54 bits per heavy atom. The van der Waals surface area contributed by atoms with Crippen molar-refractivity contribution in [2.45, 2.75) is 23.9 Å². The number of morpholine rings is 2. The molecule has 0 bridgehead atoms. The van der Waals surface area contributed by atoms with Crippen molar-refractivity contribution in [2.75, 3.05) is 52.6 Å². The lowest BCUT2D eigenvalue weighted by molar-refractivity contribution is -0.136. The Hall–Kier alpha value is -3.05. The van der Waals surface area contributed by atoms with Crippen LogP contribution in [0.3, 0.4) is 0 Å². The summed E-state index contributed by atoms with van der Waals surface area (Å²) in [7, 11) is -3.86. The smallest absolute Gasteiger partial charge is 0.246 e. The van der Waals surface area contributed by atoms with Gasteiger partial charge in [-0.1, -0.05) is 42.5 Å². The molecule has 3 heterocycles. The van der Waals surface area contributed by atoms with Gasteiger partial charge >= 0.3 is 0 Å². The molecule has 0 aromatic heterocycles. The van der Waals surface area contributed by atoms with E-state index in [0.29, 0.717) is 63.7 Å². The second kappa shape index (κ2) is 11.1. The van der Waals surface area contributed by atoms with Gasteiger partial charge in [0.15, 0.2) is 0 Å². The molecule has 2 fully saturated rings. The molecule has 2 aromatic rings. The van der Waals surface area contributed by atoms with E-state index in [0.717, 1.165) is 5.56 Å². The van der Waals surface area contributed by atoms with E-state index >= 15 is 0 Å². The van der Waals surface area contributed by atoms with Gasteiger partial charge in [-0.2, -0.15) is 4.31 Å². The number of hydrogen-bond donors (Lipinski definition) is 0. The molecule has 0 radical (unpaired) electrons. The number of fused-ring (bicyclic) bond motifs is 1. The van der Waals surface area contributed by atoms with Crippen LogP contribution in [-0.2, 0) is 35.6 Å². The number of carbonyl (C=O) groups is 2. The molecule has 0 N–H and O–H groups in total. The molecule has 1 atom stereocenters. The summed E-state index contributed by atoms with van der Waals surface area (Å²) in [5.41, 5.74) is 2.07. The van der Waals surface area contributed by atoms with Crippen LogP contribution in [0.5, 0.6) is 0 Å². The number of carbonyl (C=O) groups excluding carboxylic acids is 2. The van der Waals surface area contributed by atoms with E-state index in [1.807, 2.05) is 30.3 Å². The normalized spacial score (nSPS) is 21.8. The molecule has 0 unspecified atom stereocenters. The third-order valence-electron chi connectivity index (χ3n) is 6.98. The SMILES string of the molecule is O=C(/C=C/c1ccc2c(c1)S(=O)(=O)N(Cc1ccccc1)[C@H]2CC(=O)N1CCOCC1)N1CCOCC1. The first-order valence-corrected chi connectivity index (χ1v) is 14.0.